The lowest BCUT2D eigenvalue weighted by Gasteiger charge is -2.47. The number of rotatable bonds is 3. The number of likely N-dealkylation sites (tertiary alicyclic amines) is 2. The van der Waals surface area contributed by atoms with Gasteiger partial charge in [0.2, 0.25) is 0 Å². The van der Waals surface area contributed by atoms with Crippen molar-refractivity contribution in [3.63, 3.8) is 0 Å². The summed E-state index contributed by atoms with van der Waals surface area (Å²) in [5, 5.41) is 2.17. The summed E-state index contributed by atoms with van der Waals surface area (Å²) in [6.45, 7) is 4.40. The van der Waals surface area contributed by atoms with Crippen LogP contribution >= 0.6 is 27.3 Å². The molecule has 0 aliphatic carbocycles. The first-order valence-electron chi connectivity index (χ1n) is 7.57. The predicted octanol–water partition coefficient (Wildman–Crippen LogP) is 2.93. The molecular formula is C15H24BrN3S. The van der Waals surface area contributed by atoms with Crippen LogP contribution in [0.25, 0.3) is 0 Å². The van der Waals surface area contributed by atoms with Crippen LogP contribution < -0.4 is 5.73 Å². The molecule has 0 bridgehead atoms. The zero-order valence-corrected chi connectivity index (χ0v) is 14.5. The van der Waals surface area contributed by atoms with Gasteiger partial charge in [0, 0.05) is 40.4 Å². The van der Waals surface area contributed by atoms with Crippen molar-refractivity contribution in [3.8, 4) is 0 Å². The second-order valence-electron chi connectivity index (χ2n) is 6.15. The van der Waals surface area contributed by atoms with E-state index in [4.69, 9.17) is 5.73 Å². The fourth-order valence-corrected chi connectivity index (χ4v) is 5.50. The molecule has 2 saturated heterocycles. The van der Waals surface area contributed by atoms with Gasteiger partial charge < -0.3 is 10.6 Å². The summed E-state index contributed by atoms with van der Waals surface area (Å²) in [5.41, 5.74) is 6.08. The molecule has 3 unspecified atom stereocenters. The van der Waals surface area contributed by atoms with E-state index >= 15 is 0 Å². The van der Waals surface area contributed by atoms with Crippen LogP contribution in [0.5, 0.6) is 0 Å². The Balaban J connectivity index is 1.71. The van der Waals surface area contributed by atoms with Crippen LogP contribution in [-0.4, -0.2) is 49.1 Å². The fourth-order valence-electron chi connectivity index (χ4n) is 3.91. The molecule has 0 amide bonds. The van der Waals surface area contributed by atoms with Gasteiger partial charge >= 0.3 is 0 Å². The Morgan fingerprint density at radius 3 is 3.00 bits per heavy atom. The topological polar surface area (TPSA) is 32.5 Å². The van der Waals surface area contributed by atoms with E-state index in [2.05, 4.69) is 44.2 Å². The number of piperidine rings is 2. The summed E-state index contributed by atoms with van der Waals surface area (Å²) in [6, 6.07) is 3.44. The number of fused-ring (bicyclic) bond motifs is 1. The van der Waals surface area contributed by atoms with Crippen molar-refractivity contribution in [3.05, 3.63) is 20.8 Å². The Morgan fingerprint density at radius 2 is 2.30 bits per heavy atom. The molecule has 3 heterocycles. The monoisotopic (exact) mass is 357 g/mol. The number of hydrogen-bond donors (Lipinski definition) is 1. The van der Waals surface area contributed by atoms with Crippen LogP contribution in [0.1, 0.15) is 30.2 Å². The zero-order chi connectivity index (χ0) is 14.1. The fraction of sp³-hybridized carbons (Fsp3) is 0.733. The normalized spacial score (nSPS) is 30.1. The van der Waals surface area contributed by atoms with Crippen molar-refractivity contribution >= 4 is 27.3 Å². The SMILES string of the molecule is CN1CCCC2CN(C(CN)c3cc(Br)cs3)CCC21. The Morgan fingerprint density at radius 1 is 1.45 bits per heavy atom. The van der Waals surface area contributed by atoms with E-state index in [1.165, 1.54) is 48.2 Å². The second kappa shape index (κ2) is 6.44. The second-order valence-corrected chi connectivity index (χ2v) is 8.01. The van der Waals surface area contributed by atoms with Gasteiger partial charge in [0.1, 0.15) is 0 Å². The quantitative estimate of drug-likeness (QED) is 0.902. The maximum absolute atomic E-state index is 6.08. The lowest BCUT2D eigenvalue weighted by atomic mass is 9.83. The van der Waals surface area contributed by atoms with E-state index in [0.29, 0.717) is 6.04 Å². The molecule has 3 atom stereocenters. The Bertz CT molecular complexity index is 450. The molecule has 3 nitrogen and oxygen atoms in total. The van der Waals surface area contributed by atoms with Gasteiger partial charge in [-0.05, 0) is 60.8 Å². The molecule has 1 aromatic rings. The van der Waals surface area contributed by atoms with Crippen molar-refractivity contribution in [1.29, 1.82) is 0 Å². The molecule has 3 rings (SSSR count). The molecule has 0 saturated carbocycles. The molecular weight excluding hydrogens is 334 g/mol. The Kier molecular flexibility index (Phi) is 4.82. The van der Waals surface area contributed by atoms with Crippen LogP contribution in [0.2, 0.25) is 0 Å². The summed E-state index contributed by atoms with van der Waals surface area (Å²) < 4.78 is 1.18. The standard InChI is InChI=1S/C15H24BrN3S/c1-18-5-2-3-11-9-19(6-4-13(11)18)14(8-17)15-7-12(16)10-20-15/h7,10-11,13-14H,2-6,8-9,17H2,1H3. The Hall–Kier alpha value is 0.0600. The summed E-state index contributed by atoms with van der Waals surface area (Å²) in [4.78, 5) is 6.60. The molecule has 2 fully saturated rings. The molecule has 112 valence electrons. The van der Waals surface area contributed by atoms with Crippen LogP contribution in [0.3, 0.4) is 0 Å². The van der Waals surface area contributed by atoms with Gasteiger partial charge in [0.25, 0.3) is 0 Å². The van der Waals surface area contributed by atoms with Crippen molar-refractivity contribution < 1.29 is 0 Å². The lowest BCUT2D eigenvalue weighted by molar-refractivity contribution is 0.0217. The van der Waals surface area contributed by atoms with Gasteiger partial charge in [-0.25, -0.2) is 0 Å². The minimum absolute atomic E-state index is 0.402. The molecule has 20 heavy (non-hydrogen) atoms. The maximum Gasteiger partial charge on any atom is 0.0564 e. The van der Waals surface area contributed by atoms with Gasteiger partial charge in [0.15, 0.2) is 0 Å². The van der Waals surface area contributed by atoms with E-state index in [9.17, 15) is 0 Å². The number of halogens is 1. The molecule has 2 N–H and O–H groups in total. The lowest BCUT2D eigenvalue weighted by Crippen LogP contribution is -2.53. The molecule has 0 radical (unpaired) electrons. The molecule has 2 aliphatic rings. The zero-order valence-electron chi connectivity index (χ0n) is 12.1. The minimum atomic E-state index is 0.402. The van der Waals surface area contributed by atoms with E-state index < -0.39 is 0 Å². The average Bonchev–Trinajstić information content (AvgIpc) is 2.86. The first kappa shape index (κ1) is 15.0. The molecule has 5 heteroatoms. The van der Waals surface area contributed by atoms with Gasteiger partial charge in [-0.2, -0.15) is 0 Å². The summed E-state index contributed by atoms with van der Waals surface area (Å²) in [7, 11) is 2.29. The smallest absolute Gasteiger partial charge is 0.0564 e. The minimum Gasteiger partial charge on any atom is -0.329 e. The highest BCUT2D eigenvalue weighted by Crippen LogP contribution is 2.35. The van der Waals surface area contributed by atoms with Crippen LogP contribution in [0.4, 0.5) is 0 Å². The summed E-state index contributed by atoms with van der Waals surface area (Å²) >= 11 is 5.39. The van der Waals surface area contributed by atoms with E-state index in [1.54, 1.807) is 0 Å². The van der Waals surface area contributed by atoms with Crippen molar-refractivity contribution in [2.24, 2.45) is 11.7 Å². The van der Waals surface area contributed by atoms with Crippen molar-refractivity contribution in [2.45, 2.75) is 31.3 Å². The third kappa shape index (κ3) is 2.97. The third-order valence-electron chi connectivity index (χ3n) is 4.96. The first-order chi connectivity index (χ1) is 9.69. The largest absolute Gasteiger partial charge is 0.329 e. The highest BCUT2D eigenvalue weighted by molar-refractivity contribution is 9.10. The highest BCUT2D eigenvalue weighted by atomic mass is 79.9. The van der Waals surface area contributed by atoms with Gasteiger partial charge in [0.05, 0.1) is 6.04 Å². The summed E-state index contributed by atoms with van der Waals surface area (Å²) in [6.07, 6.45) is 4.03. The van der Waals surface area contributed by atoms with Crippen LogP contribution in [0.15, 0.2) is 15.9 Å². The van der Waals surface area contributed by atoms with E-state index in [1.807, 2.05) is 11.3 Å². The first-order valence-corrected chi connectivity index (χ1v) is 9.24. The molecule has 0 aromatic carbocycles. The van der Waals surface area contributed by atoms with Crippen LogP contribution in [-0.2, 0) is 0 Å². The number of nitrogens with two attached hydrogens (primary N) is 1. The van der Waals surface area contributed by atoms with E-state index in [-0.39, 0.29) is 0 Å². The highest BCUT2D eigenvalue weighted by Gasteiger charge is 2.36. The molecule has 2 aliphatic heterocycles. The van der Waals surface area contributed by atoms with Gasteiger partial charge in [-0.3, -0.25) is 4.90 Å². The van der Waals surface area contributed by atoms with Crippen molar-refractivity contribution in [2.75, 3.05) is 33.2 Å². The maximum atomic E-state index is 6.08. The summed E-state index contributed by atoms with van der Waals surface area (Å²) in [5.74, 6) is 0.833. The van der Waals surface area contributed by atoms with Crippen molar-refractivity contribution in [1.82, 2.24) is 9.80 Å². The molecule has 1 aromatic heterocycles. The Labute approximate surface area is 134 Å². The van der Waals surface area contributed by atoms with Gasteiger partial charge in [-0.15, -0.1) is 11.3 Å². The third-order valence-corrected chi connectivity index (χ3v) is 6.75. The van der Waals surface area contributed by atoms with E-state index in [0.717, 1.165) is 18.5 Å². The van der Waals surface area contributed by atoms with Gasteiger partial charge in [-0.1, -0.05) is 0 Å². The number of nitrogens with zero attached hydrogens (tertiary/aromatic N) is 2. The van der Waals surface area contributed by atoms with Crippen LogP contribution in [0, 0.1) is 5.92 Å². The number of thiophene rings is 1. The molecule has 0 spiro atoms. The predicted molar refractivity (Wildman–Crippen MR) is 89.1 cm³/mol. The average molecular weight is 358 g/mol. The number of hydrogen-bond acceptors (Lipinski definition) is 4.